The third-order valence-electron chi connectivity index (χ3n) is 1.70. The van der Waals surface area contributed by atoms with Crippen molar-refractivity contribution in [1.82, 2.24) is 10.3 Å². The van der Waals surface area contributed by atoms with E-state index in [0.717, 1.165) is 31.4 Å². The Labute approximate surface area is 105 Å². The van der Waals surface area contributed by atoms with Crippen LogP contribution in [-0.4, -0.2) is 36.0 Å². The summed E-state index contributed by atoms with van der Waals surface area (Å²) in [5.41, 5.74) is -0.340. The molecule has 0 spiro atoms. The molecule has 0 aliphatic heterocycles. The highest BCUT2D eigenvalue weighted by atomic mass is 32.2. The van der Waals surface area contributed by atoms with Crippen molar-refractivity contribution in [2.75, 3.05) is 13.1 Å². The standard InChI is InChI=1S/C5H4N2O5S.C4H11N/c8-7(9)4-1-2-5(6-3-4)13(10,11)12;1-3-5-4-2/h1-3H,(H,10,11,12);5H,3-4H2,1-2H3. The fraction of sp³-hybridized carbons (Fsp3) is 0.444. The van der Waals surface area contributed by atoms with E-state index in [2.05, 4.69) is 24.1 Å². The van der Waals surface area contributed by atoms with Gasteiger partial charge in [0.05, 0.1) is 4.92 Å². The van der Waals surface area contributed by atoms with Gasteiger partial charge < -0.3 is 5.32 Å². The average Bonchev–Trinajstić information content (AvgIpc) is 2.30. The zero-order valence-corrected chi connectivity index (χ0v) is 10.8. The Balaban J connectivity index is 0.000000494. The summed E-state index contributed by atoms with van der Waals surface area (Å²) in [6.07, 6.45) is 0.753. The van der Waals surface area contributed by atoms with Gasteiger partial charge in [0.15, 0.2) is 5.03 Å². The van der Waals surface area contributed by atoms with E-state index in [4.69, 9.17) is 4.55 Å². The van der Waals surface area contributed by atoms with Crippen LogP contribution in [0, 0.1) is 10.1 Å². The number of pyridine rings is 1. The Bertz CT molecular complexity index is 469. The third-order valence-corrected chi connectivity index (χ3v) is 2.47. The van der Waals surface area contributed by atoms with Crippen molar-refractivity contribution in [3.63, 3.8) is 0 Å². The summed E-state index contributed by atoms with van der Waals surface area (Å²) in [5, 5.41) is 12.6. The van der Waals surface area contributed by atoms with Crippen LogP contribution in [0.15, 0.2) is 23.4 Å². The molecule has 9 heteroatoms. The molecule has 0 saturated carbocycles. The summed E-state index contributed by atoms with van der Waals surface area (Å²) < 4.78 is 29.3. The Morgan fingerprint density at radius 1 is 1.39 bits per heavy atom. The molecule has 0 aliphatic carbocycles. The number of hydrogen-bond acceptors (Lipinski definition) is 6. The van der Waals surface area contributed by atoms with Crippen molar-refractivity contribution >= 4 is 15.8 Å². The first-order valence-corrected chi connectivity index (χ1v) is 6.55. The zero-order valence-electron chi connectivity index (χ0n) is 10.0. The van der Waals surface area contributed by atoms with Gasteiger partial charge in [-0.2, -0.15) is 8.42 Å². The van der Waals surface area contributed by atoms with Gasteiger partial charge in [-0.3, -0.25) is 14.7 Å². The maximum atomic E-state index is 10.4. The summed E-state index contributed by atoms with van der Waals surface area (Å²) in [6, 6.07) is 1.80. The van der Waals surface area contributed by atoms with Gasteiger partial charge in [-0.05, 0) is 19.2 Å². The first-order valence-electron chi connectivity index (χ1n) is 5.11. The summed E-state index contributed by atoms with van der Waals surface area (Å²) in [6.45, 7) is 6.39. The van der Waals surface area contributed by atoms with Gasteiger partial charge in [-0.25, -0.2) is 4.98 Å². The van der Waals surface area contributed by atoms with Gasteiger partial charge in [0.25, 0.3) is 5.69 Å². The van der Waals surface area contributed by atoms with Crippen molar-refractivity contribution in [2.45, 2.75) is 18.9 Å². The Hall–Kier alpha value is -1.58. The molecule has 1 aromatic heterocycles. The second kappa shape index (κ2) is 7.69. The van der Waals surface area contributed by atoms with Gasteiger partial charge in [-0.1, -0.05) is 13.8 Å². The Kier molecular flexibility index (Phi) is 7.01. The molecule has 0 fully saturated rings. The minimum atomic E-state index is -4.38. The molecule has 0 aromatic carbocycles. The van der Waals surface area contributed by atoms with Crippen LogP contribution in [0.25, 0.3) is 0 Å². The lowest BCUT2D eigenvalue weighted by Gasteiger charge is -1.93. The molecule has 0 aliphatic rings. The Morgan fingerprint density at radius 2 is 1.94 bits per heavy atom. The monoisotopic (exact) mass is 277 g/mol. The number of hydrogen-bond donors (Lipinski definition) is 2. The summed E-state index contributed by atoms with van der Waals surface area (Å²) in [7, 11) is -4.38. The van der Waals surface area contributed by atoms with E-state index in [9.17, 15) is 18.5 Å². The molecule has 102 valence electrons. The van der Waals surface area contributed by atoms with Gasteiger partial charge in [0.2, 0.25) is 0 Å². The van der Waals surface area contributed by atoms with E-state index in [-0.39, 0.29) is 5.69 Å². The lowest BCUT2D eigenvalue weighted by molar-refractivity contribution is -0.385. The smallest absolute Gasteiger partial charge is 0.312 e. The molecule has 0 saturated heterocycles. The van der Waals surface area contributed by atoms with Gasteiger partial charge in [0.1, 0.15) is 6.20 Å². The lowest BCUT2D eigenvalue weighted by Crippen LogP contribution is -2.09. The number of rotatable bonds is 4. The van der Waals surface area contributed by atoms with Crippen LogP contribution in [-0.2, 0) is 10.1 Å². The van der Waals surface area contributed by atoms with Gasteiger partial charge in [0, 0.05) is 6.07 Å². The van der Waals surface area contributed by atoms with Gasteiger partial charge >= 0.3 is 10.1 Å². The van der Waals surface area contributed by atoms with E-state index in [0.29, 0.717) is 0 Å². The molecule has 1 heterocycles. The highest BCUT2D eigenvalue weighted by molar-refractivity contribution is 7.85. The molecule has 0 unspecified atom stereocenters. The van der Waals surface area contributed by atoms with Crippen LogP contribution in [0.2, 0.25) is 0 Å². The molecule has 18 heavy (non-hydrogen) atoms. The largest absolute Gasteiger partial charge is 0.317 e. The number of nitro groups is 1. The van der Waals surface area contributed by atoms with Crippen molar-refractivity contribution in [1.29, 1.82) is 0 Å². The minimum Gasteiger partial charge on any atom is -0.317 e. The fourth-order valence-electron chi connectivity index (χ4n) is 0.883. The average molecular weight is 277 g/mol. The molecule has 0 atom stereocenters. The molecule has 8 nitrogen and oxygen atoms in total. The van der Waals surface area contributed by atoms with Crippen molar-refractivity contribution in [2.24, 2.45) is 0 Å². The van der Waals surface area contributed by atoms with Crippen molar-refractivity contribution in [3.8, 4) is 0 Å². The maximum Gasteiger partial charge on any atom is 0.312 e. The summed E-state index contributed by atoms with van der Waals surface area (Å²) in [5.74, 6) is 0. The fourth-order valence-corrected chi connectivity index (χ4v) is 1.31. The maximum absolute atomic E-state index is 10.4. The highest BCUT2D eigenvalue weighted by Gasteiger charge is 2.13. The predicted molar refractivity (Wildman–Crippen MR) is 64.9 cm³/mol. The molecule has 0 bridgehead atoms. The Morgan fingerprint density at radius 3 is 2.17 bits per heavy atom. The van der Waals surface area contributed by atoms with E-state index in [1.807, 2.05) is 0 Å². The quantitative estimate of drug-likeness (QED) is 0.475. The molecule has 1 rings (SSSR count). The van der Waals surface area contributed by atoms with Crippen molar-refractivity contribution < 1.29 is 17.9 Å². The number of aromatic nitrogens is 1. The van der Waals surface area contributed by atoms with Crippen molar-refractivity contribution in [3.05, 3.63) is 28.4 Å². The van der Waals surface area contributed by atoms with Crippen LogP contribution in [0.1, 0.15) is 13.8 Å². The molecular weight excluding hydrogens is 262 g/mol. The van der Waals surface area contributed by atoms with Crippen LogP contribution >= 0.6 is 0 Å². The topological polar surface area (TPSA) is 122 Å². The molecule has 2 N–H and O–H groups in total. The van der Waals surface area contributed by atoms with Crippen LogP contribution in [0.4, 0.5) is 5.69 Å². The zero-order chi connectivity index (χ0) is 14.2. The van der Waals surface area contributed by atoms with Gasteiger partial charge in [-0.15, -0.1) is 0 Å². The second-order valence-corrected chi connectivity index (χ2v) is 4.41. The number of nitrogens with one attached hydrogen (secondary N) is 1. The molecular formula is C9H15N3O5S. The normalized spacial score (nSPS) is 10.4. The van der Waals surface area contributed by atoms with E-state index < -0.39 is 20.1 Å². The first-order chi connectivity index (χ1) is 8.32. The number of nitrogens with zero attached hydrogens (tertiary/aromatic N) is 2. The van der Waals surface area contributed by atoms with Crippen LogP contribution in [0.3, 0.4) is 0 Å². The summed E-state index contributed by atoms with van der Waals surface area (Å²) >= 11 is 0. The summed E-state index contributed by atoms with van der Waals surface area (Å²) in [4.78, 5) is 12.6. The second-order valence-electron chi connectivity index (χ2n) is 3.04. The van der Waals surface area contributed by atoms with E-state index >= 15 is 0 Å². The highest BCUT2D eigenvalue weighted by Crippen LogP contribution is 2.11. The van der Waals surface area contributed by atoms with Crippen LogP contribution < -0.4 is 5.32 Å². The SMILES string of the molecule is CCNCC.O=[N+]([O-])c1ccc(S(=O)(=O)O)nc1. The minimum absolute atomic E-state index is 0.340. The van der Waals surface area contributed by atoms with E-state index in [1.54, 1.807) is 0 Å². The lowest BCUT2D eigenvalue weighted by atomic mass is 10.4. The van der Waals surface area contributed by atoms with E-state index in [1.165, 1.54) is 0 Å². The first kappa shape index (κ1) is 16.4. The predicted octanol–water partition coefficient (Wildman–Crippen LogP) is 0.852. The molecule has 1 aromatic rings. The van der Waals surface area contributed by atoms with Crippen LogP contribution in [0.5, 0.6) is 0 Å². The molecule has 0 amide bonds. The molecule has 0 radical (unpaired) electrons. The third kappa shape index (κ3) is 6.23.